The molecule has 0 unspecified atom stereocenters. The minimum atomic E-state index is -3.61. The molecular weight excluding hydrogens is 316 g/mol. The molecule has 0 atom stereocenters. The first kappa shape index (κ1) is 15.6. The van der Waals surface area contributed by atoms with Crippen molar-refractivity contribution in [3.63, 3.8) is 0 Å². The maximum atomic E-state index is 12.1. The summed E-state index contributed by atoms with van der Waals surface area (Å²) in [4.78, 5) is 14.0. The van der Waals surface area contributed by atoms with E-state index in [9.17, 15) is 13.2 Å². The van der Waals surface area contributed by atoms with E-state index in [0.29, 0.717) is 37.3 Å². The van der Waals surface area contributed by atoms with Crippen LogP contribution in [0.15, 0.2) is 33.6 Å². The molecule has 7 heteroatoms. The van der Waals surface area contributed by atoms with Crippen molar-refractivity contribution in [3.05, 3.63) is 29.8 Å². The average molecular weight is 332 g/mol. The number of likely N-dealkylation sites (tertiary alicyclic amines) is 1. The lowest BCUT2D eigenvalue weighted by Crippen LogP contribution is -2.40. The third kappa shape index (κ3) is 2.94. The highest BCUT2D eigenvalue weighted by atomic mass is 32.2. The summed E-state index contributed by atoms with van der Waals surface area (Å²) in [7, 11) is -3.61. The van der Waals surface area contributed by atoms with Gasteiger partial charge < -0.3 is 9.64 Å². The SMILES string of the molecule is C#CCOC(=O)C1CCN(C2=NS(=O)(=O)c3ccccc32)CC1. The molecule has 3 rings (SSSR count). The summed E-state index contributed by atoms with van der Waals surface area (Å²) in [5, 5.41) is 0. The largest absolute Gasteiger partial charge is 0.452 e. The second-order valence-corrected chi connectivity index (χ2v) is 7.03. The number of benzene rings is 1. The number of hydrogen-bond donors (Lipinski definition) is 0. The van der Waals surface area contributed by atoms with Crippen LogP contribution in [0, 0.1) is 18.3 Å². The van der Waals surface area contributed by atoms with Gasteiger partial charge in [0.2, 0.25) is 0 Å². The van der Waals surface area contributed by atoms with Crippen molar-refractivity contribution < 1.29 is 17.9 Å². The second-order valence-electron chi connectivity index (χ2n) is 5.46. The highest BCUT2D eigenvalue weighted by Crippen LogP contribution is 2.29. The number of esters is 1. The molecular formula is C16H16N2O4S. The number of sulfonamides is 1. The van der Waals surface area contributed by atoms with Crippen molar-refractivity contribution in [3.8, 4) is 12.3 Å². The maximum absolute atomic E-state index is 12.1. The lowest BCUT2D eigenvalue weighted by Gasteiger charge is -2.32. The van der Waals surface area contributed by atoms with Crippen LogP contribution < -0.4 is 0 Å². The van der Waals surface area contributed by atoms with E-state index in [1.807, 2.05) is 4.90 Å². The molecule has 0 saturated carbocycles. The van der Waals surface area contributed by atoms with Gasteiger partial charge in [0.15, 0.2) is 12.4 Å². The average Bonchev–Trinajstić information content (AvgIpc) is 2.85. The number of carbonyl (C=O) groups is 1. The predicted octanol–water partition coefficient (Wildman–Crippen LogP) is 1.02. The number of nitrogens with zero attached hydrogens (tertiary/aromatic N) is 2. The van der Waals surface area contributed by atoms with Gasteiger partial charge in [-0.1, -0.05) is 18.1 Å². The Morgan fingerprint density at radius 2 is 2.04 bits per heavy atom. The monoisotopic (exact) mass is 332 g/mol. The summed E-state index contributed by atoms with van der Waals surface area (Å²) in [5.74, 6) is 2.25. The molecule has 0 spiro atoms. The molecule has 1 fully saturated rings. The lowest BCUT2D eigenvalue weighted by molar-refractivity contribution is -0.148. The van der Waals surface area contributed by atoms with Crippen LogP contribution in [-0.2, 0) is 19.6 Å². The Labute approximate surface area is 135 Å². The van der Waals surface area contributed by atoms with Crippen LogP contribution in [0.25, 0.3) is 0 Å². The predicted molar refractivity (Wildman–Crippen MR) is 84.3 cm³/mol. The third-order valence-electron chi connectivity index (χ3n) is 4.04. The van der Waals surface area contributed by atoms with Crippen LogP contribution in [0.5, 0.6) is 0 Å². The van der Waals surface area contributed by atoms with Crippen LogP contribution in [0.4, 0.5) is 0 Å². The highest BCUT2D eigenvalue weighted by Gasteiger charge is 2.34. The fraction of sp³-hybridized carbons (Fsp3) is 0.375. The summed E-state index contributed by atoms with van der Waals surface area (Å²) < 4.78 is 33.0. The number of terminal acetylenes is 1. The van der Waals surface area contributed by atoms with Crippen LogP contribution in [0.1, 0.15) is 18.4 Å². The summed E-state index contributed by atoms with van der Waals surface area (Å²) >= 11 is 0. The van der Waals surface area contributed by atoms with E-state index in [1.165, 1.54) is 0 Å². The summed E-state index contributed by atoms with van der Waals surface area (Å²) in [5.41, 5.74) is 0.626. The minimum absolute atomic E-state index is 0.0165. The van der Waals surface area contributed by atoms with Gasteiger partial charge in [0.25, 0.3) is 10.0 Å². The molecule has 1 saturated heterocycles. The number of rotatable bonds is 2. The summed E-state index contributed by atoms with van der Waals surface area (Å²) in [6.45, 7) is 1.09. The van der Waals surface area contributed by atoms with Crippen LogP contribution in [-0.4, -0.2) is 44.8 Å². The minimum Gasteiger partial charge on any atom is -0.452 e. The van der Waals surface area contributed by atoms with Gasteiger partial charge in [0.1, 0.15) is 4.90 Å². The Balaban J connectivity index is 1.72. The van der Waals surface area contributed by atoms with Gasteiger partial charge >= 0.3 is 5.97 Å². The first-order valence-electron chi connectivity index (χ1n) is 7.32. The third-order valence-corrected chi connectivity index (χ3v) is 5.36. The zero-order valence-corrected chi connectivity index (χ0v) is 13.3. The molecule has 2 aliphatic rings. The Bertz CT molecular complexity index is 800. The number of hydrogen-bond acceptors (Lipinski definition) is 5. The Kier molecular flexibility index (Phi) is 4.09. The number of fused-ring (bicyclic) bond motifs is 1. The van der Waals surface area contributed by atoms with Gasteiger partial charge in [0, 0.05) is 18.7 Å². The summed E-state index contributed by atoms with van der Waals surface area (Å²) in [6, 6.07) is 6.79. The first-order chi connectivity index (χ1) is 11.0. The molecule has 2 heterocycles. The van der Waals surface area contributed by atoms with Crippen molar-refractivity contribution in [2.45, 2.75) is 17.7 Å². The number of piperidine rings is 1. The van der Waals surface area contributed by atoms with Crippen molar-refractivity contribution in [2.24, 2.45) is 10.3 Å². The quantitative estimate of drug-likeness (QED) is 0.597. The standard InChI is InChI=1S/C16H16N2O4S/c1-2-11-22-16(19)12-7-9-18(10-8-12)15-13-5-3-4-6-14(13)23(20,21)17-15/h1,3-6,12H,7-11H2. The fourth-order valence-corrected chi connectivity index (χ4v) is 4.10. The van der Waals surface area contributed by atoms with Gasteiger partial charge in [0.05, 0.1) is 5.92 Å². The molecule has 1 aromatic carbocycles. The highest BCUT2D eigenvalue weighted by molar-refractivity contribution is 7.90. The molecule has 1 aromatic rings. The molecule has 2 aliphatic heterocycles. The second kappa shape index (κ2) is 6.05. The molecule has 6 nitrogen and oxygen atoms in total. The Morgan fingerprint density at radius 1 is 1.35 bits per heavy atom. The van der Waals surface area contributed by atoms with Crippen LogP contribution >= 0.6 is 0 Å². The van der Waals surface area contributed by atoms with Crippen LogP contribution in [0.3, 0.4) is 0 Å². The molecule has 0 radical (unpaired) electrons. The van der Waals surface area contributed by atoms with Crippen molar-refractivity contribution >= 4 is 21.8 Å². The van der Waals surface area contributed by atoms with Crippen LogP contribution in [0.2, 0.25) is 0 Å². The Hall–Kier alpha value is -2.33. The fourth-order valence-electron chi connectivity index (χ4n) is 2.87. The van der Waals surface area contributed by atoms with Crippen molar-refractivity contribution in [1.82, 2.24) is 4.90 Å². The molecule has 0 bridgehead atoms. The van der Waals surface area contributed by atoms with E-state index >= 15 is 0 Å². The maximum Gasteiger partial charge on any atom is 0.310 e. The lowest BCUT2D eigenvalue weighted by atomic mass is 9.96. The molecule has 0 amide bonds. The Morgan fingerprint density at radius 3 is 2.74 bits per heavy atom. The zero-order chi connectivity index (χ0) is 16.4. The number of ether oxygens (including phenoxy) is 1. The molecule has 0 aromatic heterocycles. The first-order valence-corrected chi connectivity index (χ1v) is 8.76. The van der Waals surface area contributed by atoms with Gasteiger partial charge in [-0.2, -0.15) is 8.42 Å². The van der Waals surface area contributed by atoms with E-state index in [2.05, 4.69) is 10.3 Å². The molecule has 23 heavy (non-hydrogen) atoms. The topological polar surface area (TPSA) is 76.0 Å². The molecule has 120 valence electrons. The smallest absolute Gasteiger partial charge is 0.310 e. The van der Waals surface area contributed by atoms with Gasteiger partial charge in [-0.25, -0.2) is 0 Å². The van der Waals surface area contributed by atoms with Gasteiger partial charge in [-0.3, -0.25) is 4.79 Å². The van der Waals surface area contributed by atoms with E-state index in [-0.39, 0.29) is 23.4 Å². The van der Waals surface area contributed by atoms with Gasteiger partial charge in [-0.05, 0) is 25.0 Å². The summed E-state index contributed by atoms with van der Waals surface area (Å²) in [6.07, 6.45) is 6.25. The number of amidine groups is 1. The molecule has 0 N–H and O–H groups in total. The van der Waals surface area contributed by atoms with Crippen molar-refractivity contribution in [2.75, 3.05) is 19.7 Å². The van der Waals surface area contributed by atoms with Gasteiger partial charge in [-0.15, -0.1) is 10.8 Å². The number of carbonyl (C=O) groups excluding carboxylic acids is 1. The van der Waals surface area contributed by atoms with E-state index in [0.717, 1.165) is 0 Å². The normalized spacial score (nSPS) is 19.6. The van der Waals surface area contributed by atoms with E-state index in [1.54, 1.807) is 24.3 Å². The van der Waals surface area contributed by atoms with Crippen molar-refractivity contribution in [1.29, 1.82) is 0 Å². The van der Waals surface area contributed by atoms with E-state index in [4.69, 9.17) is 11.2 Å². The molecule has 0 aliphatic carbocycles. The zero-order valence-electron chi connectivity index (χ0n) is 12.4. The van der Waals surface area contributed by atoms with E-state index < -0.39 is 10.0 Å².